The summed E-state index contributed by atoms with van der Waals surface area (Å²) in [6.45, 7) is 0.446. The highest BCUT2D eigenvalue weighted by Crippen LogP contribution is 2.60. The van der Waals surface area contributed by atoms with Crippen molar-refractivity contribution in [2.75, 3.05) is 39.6 Å². The SMILES string of the molecule is CCC1(COC(C2CCC(C(OCC3(CC)COC3)(C(F)(F)F)C(F)(F)F)CC2)(C(F)(F)F)C(F)(F)F)COC1. The van der Waals surface area contributed by atoms with Crippen molar-refractivity contribution in [3.63, 3.8) is 0 Å². The molecule has 1 saturated carbocycles. The number of hydrogen-bond acceptors (Lipinski definition) is 4. The van der Waals surface area contributed by atoms with Gasteiger partial charge in [0.15, 0.2) is 0 Å². The highest BCUT2D eigenvalue weighted by Gasteiger charge is 2.79. The summed E-state index contributed by atoms with van der Waals surface area (Å²) in [5.74, 6) is -4.94. The molecule has 2 aliphatic heterocycles. The molecule has 236 valence electrons. The van der Waals surface area contributed by atoms with Gasteiger partial charge in [-0.15, -0.1) is 0 Å². The maximum Gasteiger partial charge on any atom is 0.426 e. The van der Waals surface area contributed by atoms with Crippen LogP contribution >= 0.6 is 0 Å². The minimum Gasteiger partial charge on any atom is -0.380 e. The molecule has 3 aliphatic rings. The van der Waals surface area contributed by atoms with Crippen LogP contribution in [0, 0.1) is 22.7 Å². The van der Waals surface area contributed by atoms with E-state index in [-0.39, 0.29) is 39.3 Å². The fraction of sp³-hybridized carbons (Fsp3) is 1.00. The van der Waals surface area contributed by atoms with Crippen LogP contribution in [0.15, 0.2) is 0 Å². The second-order valence-electron chi connectivity index (χ2n) is 11.3. The summed E-state index contributed by atoms with van der Waals surface area (Å²) in [6, 6.07) is 0. The minimum atomic E-state index is -6.05. The molecule has 2 saturated heterocycles. The van der Waals surface area contributed by atoms with E-state index in [1.807, 2.05) is 0 Å². The van der Waals surface area contributed by atoms with Crippen LogP contribution in [0.1, 0.15) is 52.4 Å². The topological polar surface area (TPSA) is 36.9 Å². The molecule has 0 aromatic heterocycles. The Balaban J connectivity index is 1.93. The number of hydrogen-bond donors (Lipinski definition) is 0. The summed E-state index contributed by atoms with van der Waals surface area (Å²) in [5.41, 5.74) is -11.8. The van der Waals surface area contributed by atoms with Gasteiger partial charge in [-0.05, 0) is 38.5 Å². The molecule has 40 heavy (non-hydrogen) atoms. The average molecular weight is 612 g/mol. The van der Waals surface area contributed by atoms with Crippen molar-refractivity contribution in [1.82, 2.24) is 0 Å². The first-order chi connectivity index (χ1) is 18.2. The first-order valence-corrected chi connectivity index (χ1v) is 12.9. The molecule has 0 atom stereocenters. The fourth-order valence-electron chi connectivity index (χ4n) is 5.81. The van der Waals surface area contributed by atoms with Gasteiger partial charge >= 0.3 is 24.7 Å². The van der Waals surface area contributed by atoms with Gasteiger partial charge in [0, 0.05) is 22.7 Å². The Morgan fingerprint density at radius 3 is 0.925 bits per heavy atom. The van der Waals surface area contributed by atoms with E-state index in [0.717, 1.165) is 0 Å². The predicted molar refractivity (Wildman–Crippen MR) is 114 cm³/mol. The van der Waals surface area contributed by atoms with Crippen LogP contribution in [0.5, 0.6) is 0 Å². The minimum absolute atomic E-state index is 0.132. The smallest absolute Gasteiger partial charge is 0.380 e. The summed E-state index contributed by atoms with van der Waals surface area (Å²) in [5, 5.41) is 0. The highest BCUT2D eigenvalue weighted by atomic mass is 19.4. The van der Waals surface area contributed by atoms with Gasteiger partial charge in [-0.25, -0.2) is 0 Å². The molecular weight excluding hydrogens is 580 g/mol. The van der Waals surface area contributed by atoms with Crippen molar-refractivity contribution in [2.45, 2.75) is 88.3 Å². The first kappa shape index (κ1) is 33.5. The Hall–Kier alpha value is -1.00. The van der Waals surface area contributed by atoms with Gasteiger partial charge in [-0.3, -0.25) is 0 Å². The van der Waals surface area contributed by atoms with Crippen molar-refractivity contribution in [1.29, 1.82) is 0 Å². The second-order valence-corrected chi connectivity index (χ2v) is 11.3. The molecule has 0 radical (unpaired) electrons. The fourth-order valence-corrected chi connectivity index (χ4v) is 5.81. The summed E-state index contributed by atoms with van der Waals surface area (Å²) < 4.78 is 190. The average Bonchev–Trinajstić information content (AvgIpc) is 2.74. The number of ether oxygens (including phenoxy) is 4. The third kappa shape index (κ3) is 5.54. The van der Waals surface area contributed by atoms with Crippen LogP contribution in [-0.2, 0) is 18.9 Å². The zero-order chi connectivity index (χ0) is 30.5. The van der Waals surface area contributed by atoms with Gasteiger partial charge in [0.2, 0.25) is 0 Å². The lowest BCUT2D eigenvalue weighted by molar-refractivity contribution is -0.418. The van der Waals surface area contributed by atoms with Crippen LogP contribution in [0.4, 0.5) is 52.7 Å². The lowest BCUT2D eigenvalue weighted by atomic mass is 9.67. The van der Waals surface area contributed by atoms with Crippen molar-refractivity contribution in [3.8, 4) is 0 Å². The molecule has 0 bridgehead atoms. The van der Waals surface area contributed by atoms with E-state index in [1.54, 1.807) is 0 Å². The predicted octanol–water partition coefficient (Wildman–Crippen LogP) is 7.41. The van der Waals surface area contributed by atoms with E-state index < -0.39 is 97.5 Å². The van der Waals surface area contributed by atoms with Gasteiger partial charge in [0.05, 0.1) is 39.6 Å². The summed E-state index contributed by atoms with van der Waals surface area (Å²) in [4.78, 5) is 0. The lowest BCUT2D eigenvalue weighted by Crippen LogP contribution is -2.68. The molecule has 2 heterocycles. The van der Waals surface area contributed by atoms with E-state index in [0.29, 0.717) is 0 Å². The molecule has 1 aliphatic carbocycles. The third-order valence-corrected chi connectivity index (χ3v) is 8.91. The standard InChI is InChI=1S/C24H32F12O4/c1-3-17(9-37-10-17)13-39-19(21(25,26)27,22(28,29)30)15-5-7-16(8-6-15)20(23(31,32)33,24(34,35)36)40-14-18(4-2)11-38-12-18/h15-16H,3-14H2,1-2H3. The van der Waals surface area contributed by atoms with Gasteiger partial charge < -0.3 is 18.9 Å². The van der Waals surface area contributed by atoms with Crippen molar-refractivity contribution in [3.05, 3.63) is 0 Å². The van der Waals surface area contributed by atoms with Gasteiger partial charge in [-0.1, -0.05) is 13.8 Å². The number of rotatable bonds is 10. The quantitative estimate of drug-likeness (QED) is 0.241. The van der Waals surface area contributed by atoms with Crippen molar-refractivity contribution in [2.24, 2.45) is 22.7 Å². The molecule has 16 heteroatoms. The third-order valence-electron chi connectivity index (χ3n) is 8.91. The van der Waals surface area contributed by atoms with E-state index in [1.165, 1.54) is 13.8 Å². The molecule has 3 rings (SSSR count). The summed E-state index contributed by atoms with van der Waals surface area (Å²) >= 11 is 0. The van der Waals surface area contributed by atoms with Gasteiger partial charge in [0.1, 0.15) is 0 Å². The van der Waals surface area contributed by atoms with E-state index in [9.17, 15) is 52.7 Å². The van der Waals surface area contributed by atoms with Crippen LogP contribution in [-0.4, -0.2) is 75.5 Å². The zero-order valence-corrected chi connectivity index (χ0v) is 21.8. The zero-order valence-electron chi connectivity index (χ0n) is 21.8. The Morgan fingerprint density at radius 2 is 0.775 bits per heavy atom. The maximum absolute atomic E-state index is 14.2. The molecule has 0 aromatic rings. The highest BCUT2D eigenvalue weighted by molar-refractivity contribution is 5.08. The van der Waals surface area contributed by atoms with Crippen molar-refractivity contribution < 1.29 is 71.6 Å². The van der Waals surface area contributed by atoms with Gasteiger partial charge in [0.25, 0.3) is 11.2 Å². The Labute approximate surface area is 223 Å². The first-order valence-electron chi connectivity index (χ1n) is 12.9. The second kappa shape index (κ2) is 10.9. The van der Waals surface area contributed by atoms with E-state index >= 15 is 0 Å². The van der Waals surface area contributed by atoms with Crippen molar-refractivity contribution >= 4 is 0 Å². The molecule has 3 fully saturated rings. The molecule has 0 amide bonds. The molecule has 4 nitrogen and oxygen atoms in total. The van der Waals surface area contributed by atoms with Crippen LogP contribution in [0.25, 0.3) is 0 Å². The van der Waals surface area contributed by atoms with Crippen LogP contribution in [0.3, 0.4) is 0 Å². The molecule has 0 N–H and O–H groups in total. The van der Waals surface area contributed by atoms with E-state index in [2.05, 4.69) is 9.47 Å². The summed E-state index contributed by atoms with van der Waals surface area (Å²) in [7, 11) is 0. The molecule has 0 spiro atoms. The van der Waals surface area contributed by atoms with Gasteiger partial charge in [-0.2, -0.15) is 52.7 Å². The Kier molecular flexibility index (Phi) is 9.15. The molecule has 0 unspecified atom stereocenters. The van der Waals surface area contributed by atoms with Crippen LogP contribution in [0.2, 0.25) is 0 Å². The largest absolute Gasteiger partial charge is 0.426 e. The van der Waals surface area contributed by atoms with Crippen LogP contribution < -0.4 is 0 Å². The number of alkyl halides is 12. The molecule has 0 aromatic carbocycles. The Morgan fingerprint density at radius 1 is 0.525 bits per heavy atom. The molecular formula is C24H32F12O4. The normalized spacial score (nSPS) is 26.2. The maximum atomic E-state index is 14.2. The summed E-state index contributed by atoms with van der Waals surface area (Å²) in [6.07, 6.45) is -29.0. The monoisotopic (exact) mass is 612 g/mol. The van der Waals surface area contributed by atoms with E-state index in [4.69, 9.17) is 9.47 Å². The lowest BCUT2D eigenvalue weighted by Gasteiger charge is -2.51. The number of halogens is 12. The Bertz CT molecular complexity index is 739.